The zero-order valence-corrected chi connectivity index (χ0v) is 13.2. The third-order valence-corrected chi connectivity index (χ3v) is 3.40. The van der Waals surface area contributed by atoms with Crippen LogP contribution >= 0.6 is 0 Å². The van der Waals surface area contributed by atoms with E-state index in [1.165, 1.54) is 10.6 Å². The van der Waals surface area contributed by atoms with Gasteiger partial charge in [-0.1, -0.05) is 49.7 Å². The van der Waals surface area contributed by atoms with Gasteiger partial charge in [-0.2, -0.15) is 5.10 Å². The van der Waals surface area contributed by atoms with E-state index in [1.807, 2.05) is 30.3 Å². The fourth-order valence-electron chi connectivity index (χ4n) is 2.15. The van der Waals surface area contributed by atoms with Gasteiger partial charge >= 0.3 is 0 Å². The van der Waals surface area contributed by atoms with E-state index in [-0.39, 0.29) is 18.0 Å². The minimum absolute atomic E-state index is 0.0426. The number of unbranched alkanes of at least 4 members (excludes halogenated alkanes) is 1. The molecule has 0 fully saturated rings. The van der Waals surface area contributed by atoms with E-state index in [4.69, 9.17) is 0 Å². The molecule has 0 bridgehead atoms. The first-order valence-corrected chi connectivity index (χ1v) is 7.77. The van der Waals surface area contributed by atoms with Crippen LogP contribution in [0.2, 0.25) is 0 Å². The molecule has 5 nitrogen and oxygen atoms in total. The predicted octanol–water partition coefficient (Wildman–Crippen LogP) is 2.56. The molecule has 0 saturated heterocycles. The second-order valence-corrected chi connectivity index (χ2v) is 5.23. The lowest BCUT2D eigenvalue weighted by molar-refractivity contribution is -0.121. The highest BCUT2D eigenvalue weighted by molar-refractivity contribution is 6.01. The number of carbonyl (C=O) groups excluding carboxylic acids is 1. The summed E-state index contributed by atoms with van der Waals surface area (Å²) >= 11 is 0. The van der Waals surface area contributed by atoms with Crippen molar-refractivity contribution in [1.82, 2.24) is 9.99 Å². The van der Waals surface area contributed by atoms with Crippen molar-refractivity contribution in [2.24, 2.45) is 5.10 Å². The summed E-state index contributed by atoms with van der Waals surface area (Å²) in [6, 6.07) is 14.6. The third-order valence-electron chi connectivity index (χ3n) is 3.40. The van der Waals surface area contributed by atoms with Gasteiger partial charge in [0.25, 0.3) is 11.5 Å². The smallest absolute Gasteiger partial charge is 0.260 e. The minimum Gasteiger partial charge on any atom is -0.306 e. The van der Waals surface area contributed by atoms with Crippen LogP contribution in [0.1, 0.15) is 31.7 Å². The van der Waals surface area contributed by atoms with Gasteiger partial charge in [-0.3, -0.25) is 9.59 Å². The number of carbonyl (C=O) groups is 1. The molecular weight excluding hydrogens is 290 g/mol. The SMILES string of the molecule is CCCC/C(=N/NC(=O)Cn1ccccc1=O)c1ccccc1. The molecule has 1 aromatic carbocycles. The molecule has 2 aromatic rings. The summed E-state index contributed by atoms with van der Waals surface area (Å²) in [5.41, 5.74) is 4.19. The standard InChI is InChI=1S/C18H21N3O2/c1-2-3-11-16(15-9-5-4-6-10-15)19-20-17(22)14-21-13-8-7-12-18(21)23/h4-10,12-13H,2-3,11,14H2,1H3,(H,20,22)/b19-16-. The van der Waals surface area contributed by atoms with Crippen LogP contribution in [0.3, 0.4) is 0 Å². The van der Waals surface area contributed by atoms with Crippen LogP contribution in [0.15, 0.2) is 64.6 Å². The zero-order valence-electron chi connectivity index (χ0n) is 13.2. The van der Waals surface area contributed by atoms with Gasteiger partial charge in [-0.05, 0) is 24.5 Å². The number of pyridine rings is 1. The average Bonchev–Trinajstić information content (AvgIpc) is 2.58. The Morgan fingerprint density at radius 1 is 1.13 bits per heavy atom. The number of hydrogen-bond donors (Lipinski definition) is 1. The van der Waals surface area contributed by atoms with E-state index >= 15 is 0 Å². The predicted molar refractivity (Wildman–Crippen MR) is 91.3 cm³/mol. The molecule has 0 aliphatic heterocycles. The van der Waals surface area contributed by atoms with Crippen LogP contribution in [0.25, 0.3) is 0 Å². The Balaban J connectivity index is 2.06. The first-order chi connectivity index (χ1) is 11.2. The molecule has 0 aliphatic carbocycles. The molecule has 120 valence electrons. The first kappa shape index (κ1) is 16.7. The largest absolute Gasteiger partial charge is 0.306 e. The number of hydrazone groups is 1. The van der Waals surface area contributed by atoms with E-state index in [0.717, 1.165) is 30.5 Å². The molecular formula is C18H21N3O2. The summed E-state index contributed by atoms with van der Waals surface area (Å²) < 4.78 is 1.35. The molecule has 1 aromatic heterocycles. The fourth-order valence-corrected chi connectivity index (χ4v) is 2.15. The van der Waals surface area contributed by atoms with Crippen LogP contribution < -0.4 is 11.0 Å². The Morgan fingerprint density at radius 3 is 2.57 bits per heavy atom. The Bertz CT molecular complexity index is 720. The van der Waals surface area contributed by atoms with Gasteiger partial charge in [0.15, 0.2) is 0 Å². The molecule has 0 saturated carbocycles. The van der Waals surface area contributed by atoms with E-state index in [9.17, 15) is 9.59 Å². The van der Waals surface area contributed by atoms with Crippen LogP contribution in [0.4, 0.5) is 0 Å². The third kappa shape index (κ3) is 5.21. The van der Waals surface area contributed by atoms with Gasteiger partial charge in [0.05, 0.1) is 5.71 Å². The normalized spacial score (nSPS) is 11.3. The second-order valence-electron chi connectivity index (χ2n) is 5.23. The summed E-state index contributed by atoms with van der Waals surface area (Å²) in [5.74, 6) is -0.316. The Kier molecular flexibility index (Phi) is 6.29. The minimum atomic E-state index is -0.316. The number of benzene rings is 1. The van der Waals surface area contributed by atoms with Crippen LogP contribution in [0, 0.1) is 0 Å². The Morgan fingerprint density at radius 2 is 1.87 bits per heavy atom. The summed E-state index contributed by atoms with van der Waals surface area (Å²) in [6.07, 6.45) is 4.44. The van der Waals surface area contributed by atoms with Gasteiger partial charge in [-0.15, -0.1) is 0 Å². The molecule has 0 aliphatic rings. The lowest BCUT2D eigenvalue weighted by atomic mass is 10.1. The molecule has 5 heteroatoms. The average molecular weight is 311 g/mol. The molecule has 0 atom stereocenters. The van der Waals surface area contributed by atoms with Crippen LogP contribution in [-0.2, 0) is 11.3 Å². The Hall–Kier alpha value is -2.69. The lowest BCUT2D eigenvalue weighted by Crippen LogP contribution is -2.29. The number of hydrogen-bond acceptors (Lipinski definition) is 3. The number of amides is 1. The molecule has 1 amide bonds. The van der Waals surface area contributed by atoms with Gasteiger partial charge < -0.3 is 4.57 Å². The highest BCUT2D eigenvalue weighted by Gasteiger charge is 2.06. The van der Waals surface area contributed by atoms with Crippen molar-refractivity contribution in [1.29, 1.82) is 0 Å². The number of nitrogens with zero attached hydrogens (tertiary/aromatic N) is 2. The Labute approximate surface area is 135 Å². The van der Waals surface area contributed by atoms with Crippen molar-refractivity contribution >= 4 is 11.6 Å². The second kappa shape index (κ2) is 8.68. The van der Waals surface area contributed by atoms with Crippen molar-refractivity contribution in [3.8, 4) is 0 Å². The summed E-state index contributed by atoms with van der Waals surface area (Å²) in [5, 5.41) is 4.26. The summed E-state index contributed by atoms with van der Waals surface area (Å²) in [6.45, 7) is 2.07. The molecule has 0 spiro atoms. The molecule has 0 unspecified atom stereocenters. The van der Waals surface area contributed by atoms with Gasteiger partial charge in [-0.25, -0.2) is 5.43 Å². The summed E-state index contributed by atoms with van der Waals surface area (Å²) in [4.78, 5) is 23.6. The fraction of sp³-hybridized carbons (Fsp3) is 0.278. The monoisotopic (exact) mass is 311 g/mol. The van der Waals surface area contributed by atoms with Crippen LogP contribution in [-0.4, -0.2) is 16.2 Å². The van der Waals surface area contributed by atoms with Crippen molar-refractivity contribution in [3.63, 3.8) is 0 Å². The lowest BCUT2D eigenvalue weighted by Gasteiger charge is -2.08. The molecule has 23 heavy (non-hydrogen) atoms. The van der Waals surface area contributed by atoms with Crippen molar-refractivity contribution in [2.45, 2.75) is 32.7 Å². The van der Waals surface area contributed by atoms with Crippen molar-refractivity contribution < 1.29 is 4.79 Å². The summed E-state index contributed by atoms with van der Waals surface area (Å²) in [7, 11) is 0. The van der Waals surface area contributed by atoms with Gasteiger partial charge in [0, 0.05) is 12.3 Å². The number of aromatic nitrogens is 1. The molecule has 1 heterocycles. The highest BCUT2D eigenvalue weighted by atomic mass is 16.2. The van der Waals surface area contributed by atoms with Gasteiger partial charge in [0.1, 0.15) is 6.54 Å². The molecule has 2 rings (SSSR count). The van der Waals surface area contributed by atoms with E-state index in [2.05, 4.69) is 17.5 Å². The van der Waals surface area contributed by atoms with E-state index < -0.39 is 0 Å². The maximum atomic E-state index is 12.0. The molecule has 0 radical (unpaired) electrons. The topological polar surface area (TPSA) is 63.5 Å². The number of rotatable bonds is 7. The maximum absolute atomic E-state index is 12.0. The number of nitrogens with one attached hydrogen (secondary N) is 1. The maximum Gasteiger partial charge on any atom is 0.260 e. The van der Waals surface area contributed by atoms with Crippen LogP contribution in [0.5, 0.6) is 0 Å². The van der Waals surface area contributed by atoms with Crippen molar-refractivity contribution in [2.75, 3.05) is 0 Å². The quantitative estimate of drug-likeness (QED) is 0.631. The van der Waals surface area contributed by atoms with Gasteiger partial charge in [0.2, 0.25) is 0 Å². The molecule has 1 N–H and O–H groups in total. The zero-order chi connectivity index (χ0) is 16.5. The first-order valence-electron chi connectivity index (χ1n) is 7.77. The van der Waals surface area contributed by atoms with E-state index in [1.54, 1.807) is 18.3 Å². The van der Waals surface area contributed by atoms with Crippen molar-refractivity contribution in [3.05, 3.63) is 70.6 Å². The highest BCUT2D eigenvalue weighted by Crippen LogP contribution is 2.07. The van der Waals surface area contributed by atoms with E-state index in [0.29, 0.717) is 0 Å².